The second kappa shape index (κ2) is 4.66. The third kappa shape index (κ3) is 3.04. The Morgan fingerprint density at radius 1 is 1.20 bits per heavy atom. The molecule has 0 radical (unpaired) electrons. The number of anilines is 2. The van der Waals surface area contributed by atoms with E-state index >= 15 is 0 Å². The zero-order valence-electron chi connectivity index (χ0n) is 12.4. The molecule has 0 amide bonds. The van der Waals surface area contributed by atoms with E-state index in [1.54, 1.807) is 18.2 Å². The molecule has 0 bridgehead atoms. The van der Waals surface area contributed by atoms with Crippen molar-refractivity contribution >= 4 is 17.3 Å². The van der Waals surface area contributed by atoms with Crippen LogP contribution in [-0.4, -0.2) is 23.3 Å². The highest BCUT2D eigenvalue weighted by Gasteiger charge is 2.48. The van der Waals surface area contributed by atoms with Gasteiger partial charge in [-0.15, -0.1) is 0 Å². The largest absolute Gasteiger partial charge is 0.456 e. The molecule has 1 heterocycles. The Kier molecular flexibility index (Phi) is 3.42. The lowest BCUT2D eigenvalue weighted by Gasteiger charge is -2.26. The van der Waals surface area contributed by atoms with Crippen LogP contribution in [0.15, 0.2) is 18.2 Å². The van der Waals surface area contributed by atoms with Crippen molar-refractivity contribution in [2.75, 3.05) is 11.5 Å². The van der Waals surface area contributed by atoms with E-state index in [0.717, 1.165) is 0 Å². The number of esters is 1. The maximum Gasteiger partial charge on any atom is 0.338 e. The van der Waals surface area contributed by atoms with Gasteiger partial charge in [0.1, 0.15) is 11.7 Å². The highest BCUT2D eigenvalue weighted by molar-refractivity contribution is 5.91. The van der Waals surface area contributed by atoms with Crippen molar-refractivity contribution in [2.24, 2.45) is 0 Å². The van der Waals surface area contributed by atoms with Gasteiger partial charge in [-0.2, -0.15) is 0 Å². The van der Waals surface area contributed by atoms with Gasteiger partial charge >= 0.3 is 5.97 Å². The highest BCUT2D eigenvalue weighted by atomic mass is 16.6. The number of hydrogen-bond donors (Lipinski definition) is 2. The van der Waals surface area contributed by atoms with Gasteiger partial charge in [0.15, 0.2) is 0 Å². The van der Waals surface area contributed by atoms with E-state index in [0.29, 0.717) is 23.4 Å². The van der Waals surface area contributed by atoms with Gasteiger partial charge in [-0.25, -0.2) is 4.79 Å². The zero-order chi connectivity index (χ0) is 15.1. The summed E-state index contributed by atoms with van der Waals surface area (Å²) in [4.78, 5) is 12.2. The third-order valence-corrected chi connectivity index (χ3v) is 3.45. The first-order valence-electron chi connectivity index (χ1n) is 6.66. The topological polar surface area (TPSA) is 87.6 Å². The first-order valence-corrected chi connectivity index (χ1v) is 6.66. The van der Waals surface area contributed by atoms with Gasteiger partial charge < -0.3 is 20.9 Å². The van der Waals surface area contributed by atoms with Gasteiger partial charge in [0.25, 0.3) is 0 Å². The van der Waals surface area contributed by atoms with E-state index in [4.69, 9.17) is 20.9 Å². The molecule has 110 valence electrons. The number of carbonyl (C=O) groups excluding carboxylic acids is 1. The molecule has 20 heavy (non-hydrogen) atoms. The molecule has 1 atom stereocenters. The quantitative estimate of drug-likeness (QED) is 0.640. The molecular weight excluding hydrogens is 256 g/mol. The molecule has 1 fully saturated rings. The average Bonchev–Trinajstić information content (AvgIpc) is 2.44. The lowest BCUT2D eigenvalue weighted by Crippen LogP contribution is -2.36. The second-order valence-corrected chi connectivity index (χ2v) is 6.45. The van der Waals surface area contributed by atoms with Gasteiger partial charge in [0.05, 0.1) is 11.2 Å². The summed E-state index contributed by atoms with van der Waals surface area (Å²) in [6.45, 7) is 7.82. The van der Waals surface area contributed by atoms with Crippen molar-refractivity contribution in [3.8, 4) is 0 Å². The summed E-state index contributed by atoms with van der Waals surface area (Å²) in [6.07, 6.45) is 0.358. The lowest BCUT2D eigenvalue weighted by atomic mass is 9.97. The van der Waals surface area contributed by atoms with Gasteiger partial charge in [0, 0.05) is 17.8 Å². The van der Waals surface area contributed by atoms with Crippen LogP contribution in [0.5, 0.6) is 0 Å². The molecule has 0 saturated carbocycles. The summed E-state index contributed by atoms with van der Waals surface area (Å²) < 4.78 is 11.5. The smallest absolute Gasteiger partial charge is 0.338 e. The lowest BCUT2D eigenvalue weighted by molar-refractivity contribution is -0.0924. The Bertz CT molecular complexity index is 518. The Balaban J connectivity index is 2.16. The summed E-state index contributed by atoms with van der Waals surface area (Å²) in [5.74, 6) is -0.427. The first-order chi connectivity index (χ1) is 9.09. The Morgan fingerprint density at radius 2 is 1.75 bits per heavy atom. The van der Waals surface area contributed by atoms with Crippen molar-refractivity contribution in [3.05, 3.63) is 23.8 Å². The molecule has 1 aromatic rings. The molecule has 1 aliphatic rings. The summed E-state index contributed by atoms with van der Waals surface area (Å²) >= 11 is 0. The Morgan fingerprint density at radius 3 is 2.20 bits per heavy atom. The number of rotatable bonds is 2. The number of ether oxygens (including phenoxy) is 2. The van der Waals surface area contributed by atoms with Crippen LogP contribution in [0.2, 0.25) is 0 Å². The normalized spacial score (nSPS) is 23.5. The summed E-state index contributed by atoms with van der Waals surface area (Å²) in [6, 6.07) is 4.72. The molecule has 0 spiro atoms. The predicted octanol–water partition coefficient (Wildman–Crippen LogP) is 2.35. The van der Waals surface area contributed by atoms with Crippen LogP contribution < -0.4 is 11.5 Å². The molecule has 1 aromatic carbocycles. The molecule has 5 nitrogen and oxygen atoms in total. The van der Waals surface area contributed by atoms with Crippen molar-refractivity contribution in [3.63, 3.8) is 0 Å². The second-order valence-electron chi connectivity index (χ2n) is 6.45. The van der Waals surface area contributed by atoms with E-state index in [9.17, 15) is 4.79 Å². The van der Waals surface area contributed by atoms with E-state index in [1.165, 1.54) is 0 Å². The van der Waals surface area contributed by atoms with Crippen molar-refractivity contribution in [1.82, 2.24) is 0 Å². The van der Waals surface area contributed by atoms with Gasteiger partial charge in [0.2, 0.25) is 0 Å². The Labute approximate surface area is 119 Å². The molecule has 2 rings (SSSR count). The third-order valence-electron chi connectivity index (χ3n) is 3.45. The van der Waals surface area contributed by atoms with Crippen LogP contribution in [0.4, 0.5) is 11.4 Å². The maximum absolute atomic E-state index is 12.2. The molecule has 4 N–H and O–H groups in total. The van der Waals surface area contributed by atoms with Crippen LogP contribution in [-0.2, 0) is 9.47 Å². The summed E-state index contributed by atoms with van der Waals surface area (Å²) in [7, 11) is 0. The van der Waals surface area contributed by atoms with E-state index in [1.807, 2.05) is 27.7 Å². The highest BCUT2D eigenvalue weighted by Crippen LogP contribution is 2.39. The van der Waals surface area contributed by atoms with Crippen LogP contribution in [0.1, 0.15) is 44.5 Å². The fraction of sp³-hybridized carbons (Fsp3) is 0.533. The van der Waals surface area contributed by atoms with Crippen LogP contribution in [0, 0.1) is 0 Å². The zero-order valence-corrected chi connectivity index (χ0v) is 12.4. The minimum absolute atomic E-state index is 0.298. The minimum Gasteiger partial charge on any atom is -0.456 e. The van der Waals surface area contributed by atoms with Crippen LogP contribution in [0.25, 0.3) is 0 Å². The number of hydrogen-bond acceptors (Lipinski definition) is 5. The molecule has 1 saturated heterocycles. The summed E-state index contributed by atoms with van der Waals surface area (Å²) in [5, 5.41) is 0. The van der Waals surface area contributed by atoms with Gasteiger partial charge in [-0.05, 0) is 45.9 Å². The first kappa shape index (κ1) is 14.7. The maximum atomic E-state index is 12.2. The predicted molar refractivity (Wildman–Crippen MR) is 78.3 cm³/mol. The van der Waals surface area contributed by atoms with Crippen molar-refractivity contribution in [1.29, 1.82) is 0 Å². The molecule has 0 aliphatic carbocycles. The summed E-state index contributed by atoms with van der Waals surface area (Å²) in [5.41, 5.74) is 11.8. The number of carbonyl (C=O) groups is 1. The fourth-order valence-corrected chi connectivity index (χ4v) is 2.69. The van der Waals surface area contributed by atoms with Gasteiger partial charge in [-0.3, -0.25) is 0 Å². The van der Waals surface area contributed by atoms with E-state index < -0.39 is 11.6 Å². The van der Waals surface area contributed by atoms with Gasteiger partial charge in [-0.1, -0.05) is 0 Å². The van der Waals surface area contributed by atoms with Crippen LogP contribution >= 0.6 is 0 Å². The molecule has 1 unspecified atom stereocenters. The van der Waals surface area contributed by atoms with E-state index in [2.05, 4.69) is 0 Å². The number of nitrogens with two attached hydrogens (primary N) is 2. The van der Waals surface area contributed by atoms with Crippen LogP contribution in [0.3, 0.4) is 0 Å². The molecule has 5 heteroatoms. The molecule has 1 aliphatic heterocycles. The van der Waals surface area contributed by atoms with E-state index in [-0.39, 0.29) is 11.7 Å². The standard InChI is InChI=1S/C15H22N2O3/c1-14(2)8-12(15(3,4)20-14)19-13(18)9-5-10(16)7-11(17)6-9/h5-7,12H,8,16-17H2,1-4H3. The number of nitrogen functional groups attached to an aromatic ring is 2. The number of benzene rings is 1. The minimum atomic E-state index is -0.509. The average molecular weight is 278 g/mol. The monoisotopic (exact) mass is 278 g/mol. The van der Waals surface area contributed by atoms with Crippen molar-refractivity contribution < 1.29 is 14.3 Å². The Hall–Kier alpha value is -1.75. The van der Waals surface area contributed by atoms with Crippen molar-refractivity contribution in [2.45, 2.75) is 51.4 Å². The SMILES string of the molecule is CC1(C)CC(OC(=O)c2cc(N)cc(N)c2)C(C)(C)O1. The fourth-order valence-electron chi connectivity index (χ4n) is 2.69. The molecular formula is C15H22N2O3. The molecule has 0 aromatic heterocycles.